The molecule has 0 aliphatic rings. The third-order valence-corrected chi connectivity index (χ3v) is 4.01. The van der Waals surface area contributed by atoms with E-state index in [1.54, 1.807) is 25.6 Å². The molecule has 0 amide bonds. The number of ether oxygens (including phenoxy) is 2. The van der Waals surface area contributed by atoms with Gasteiger partial charge in [0.15, 0.2) is 0 Å². The first-order chi connectivity index (χ1) is 9.22. The maximum atomic E-state index is 5.76. The minimum Gasteiger partial charge on any atom is -0.496 e. The van der Waals surface area contributed by atoms with Crippen LogP contribution in [-0.2, 0) is 0 Å². The van der Waals surface area contributed by atoms with Crippen LogP contribution in [0.15, 0.2) is 29.0 Å². The standard InChI is InChI=1S/C14H18N2O2S/c1-9-7-19-8-10(9)14(16-15)13-11(17-2)5-4-6-12(13)18-3/h4-8,14,16H,15H2,1-3H3. The van der Waals surface area contributed by atoms with Crippen LogP contribution in [-0.4, -0.2) is 14.2 Å². The summed E-state index contributed by atoms with van der Waals surface area (Å²) in [7, 11) is 3.29. The molecule has 0 fully saturated rings. The van der Waals surface area contributed by atoms with Crippen molar-refractivity contribution < 1.29 is 9.47 Å². The molecule has 1 aromatic heterocycles. The quantitative estimate of drug-likeness (QED) is 0.652. The summed E-state index contributed by atoms with van der Waals surface area (Å²) in [5, 5.41) is 4.19. The second-order valence-corrected chi connectivity index (χ2v) is 4.93. The van der Waals surface area contributed by atoms with Gasteiger partial charge in [-0.3, -0.25) is 5.84 Å². The maximum absolute atomic E-state index is 5.76. The van der Waals surface area contributed by atoms with Gasteiger partial charge in [0.05, 0.1) is 25.8 Å². The lowest BCUT2D eigenvalue weighted by Gasteiger charge is -2.21. The molecule has 2 aromatic rings. The molecule has 1 unspecified atom stereocenters. The van der Waals surface area contributed by atoms with Crippen molar-refractivity contribution in [1.82, 2.24) is 5.43 Å². The van der Waals surface area contributed by atoms with Crippen molar-refractivity contribution in [1.29, 1.82) is 0 Å². The first-order valence-electron chi connectivity index (χ1n) is 5.92. The summed E-state index contributed by atoms with van der Waals surface area (Å²) in [5.74, 6) is 7.27. The van der Waals surface area contributed by atoms with Crippen LogP contribution >= 0.6 is 11.3 Å². The van der Waals surface area contributed by atoms with E-state index in [4.69, 9.17) is 15.3 Å². The molecule has 1 heterocycles. The number of nitrogens with two attached hydrogens (primary N) is 1. The highest BCUT2D eigenvalue weighted by atomic mass is 32.1. The summed E-state index contributed by atoms with van der Waals surface area (Å²) in [5.41, 5.74) is 6.10. The normalized spacial score (nSPS) is 12.2. The van der Waals surface area contributed by atoms with Gasteiger partial charge in [0, 0.05) is 0 Å². The van der Waals surface area contributed by atoms with Crippen LogP contribution in [0.5, 0.6) is 11.5 Å². The van der Waals surface area contributed by atoms with Crippen molar-refractivity contribution in [3.63, 3.8) is 0 Å². The van der Waals surface area contributed by atoms with Gasteiger partial charge in [-0.1, -0.05) is 6.07 Å². The zero-order chi connectivity index (χ0) is 13.8. The van der Waals surface area contributed by atoms with E-state index >= 15 is 0 Å². The van der Waals surface area contributed by atoms with Gasteiger partial charge in [0.1, 0.15) is 11.5 Å². The highest BCUT2D eigenvalue weighted by molar-refractivity contribution is 7.08. The van der Waals surface area contributed by atoms with Crippen LogP contribution in [0.4, 0.5) is 0 Å². The van der Waals surface area contributed by atoms with E-state index in [1.807, 2.05) is 18.2 Å². The number of hydrogen-bond acceptors (Lipinski definition) is 5. The molecule has 4 nitrogen and oxygen atoms in total. The zero-order valence-corrected chi connectivity index (χ0v) is 12.1. The van der Waals surface area contributed by atoms with Gasteiger partial charge >= 0.3 is 0 Å². The van der Waals surface area contributed by atoms with Crippen LogP contribution in [0.25, 0.3) is 0 Å². The number of methoxy groups -OCH3 is 2. The Bertz CT molecular complexity index is 532. The molecule has 0 bridgehead atoms. The number of hydrazine groups is 1. The molecule has 0 saturated heterocycles. The van der Waals surface area contributed by atoms with Crippen LogP contribution in [0.3, 0.4) is 0 Å². The first kappa shape index (κ1) is 13.9. The number of nitrogens with one attached hydrogen (secondary N) is 1. The van der Waals surface area contributed by atoms with Crippen LogP contribution < -0.4 is 20.7 Å². The molecule has 19 heavy (non-hydrogen) atoms. The lowest BCUT2D eigenvalue weighted by Crippen LogP contribution is -2.29. The van der Waals surface area contributed by atoms with Crippen molar-refractivity contribution in [2.75, 3.05) is 14.2 Å². The average Bonchev–Trinajstić information content (AvgIpc) is 2.86. The summed E-state index contributed by atoms with van der Waals surface area (Å²) >= 11 is 1.65. The third-order valence-electron chi connectivity index (χ3n) is 3.13. The predicted molar refractivity (Wildman–Crippen MR) is 77.8 cm³/mol. The Labute approximate surface area is 117 Å². The topological polar surface area (TPSA) is 56.5 Å². The van der Waals surface area contributed by atoms with E-state index in [0.717, 1.165) is 22.6 Å². The van der Waals surface area contributed by atoms with E-state index in [9.17, 15) is 0 Å². The van der Waals surface area contributed by atoms with Crippen molar-refractivity contribution >= 4 is 11.3 Å². The smallest absolute Gasteiger partial charge is 0.127 e. The van der Waals surface area contributed by atoms with E-state index in [2.05, 4.69) is 23.1 Å². The highest BCUT2D eigenvalue weighted by Crippen LogP contribution is 2.38. The van der Waals surface area contributed by atoms with Gasteiger partial charge in [-0.15, -0.1) is 0 Å². The second-order valence-electron chi connectivity index (χ2n) is 4.19. The molecular formula is C14H18N2O2S. The lowest BCUT2D eigenvalue weighted by atomic mass is 9.97. The fraction of sp³-hybridized carbons (Fsp3) is 0.286. The Morgan fingerprint density at radius 3 is 2.21 bits per heavy atom. The molecule has 1 atom stereocenters. The van der Waals surface area contributed by atoms with Crippen LogP contribution in [0.2, 0.25) is 0 Å². The van der Waals surface area contributed by atoms with Gasteiger partial charge in [-0.2, -0.15) is 11.3 Å². The van der Waals surface area contributed by atoms with Gasteiger partial charge in [0.2, 0.25) is 0 Å². The number of hydrogen-bond donors (Lipinski definition) is 2. The molecule has 0 spiro atoms. The average molecular weight is 278 g/mol. The molecule has 3 N–H and O–H groups in total. The largest absolute Gasteiger partial charge is 0.496 e. The van der Waals surface area contributed by atoms with Crippen LogP contribution in [0.1, 0.15) is 22.7 Å². The maximum Gasteiger partial charge on any atom is 0.127 e. The van der Waals surface area contributed by atoms with E-state index in [1.165, 1.54) is 5.56 Å². The Kier molecular flexibility index (Phi) is 4.42. The molecule has 102 valence electrons. The van der Waals surface area contributed by atoms with Gasteiger partial charge in [-0.05, 0) is 40.9 Å². The molecular weight excluding hydrogens is 260 g/mol. The fourth-order valence-corrected chi connectivity index (χ4v) is 3.04. The summed E-state index contributed by atoms with van der Waals surface area (Å²) < 4.78 is 10.9. The highest BCUT2D eigenvalue weighted by Gasteiger charge is 2.23. The minimum atomic E-state index is -0.155. The molecule has 0 radical (unpaired) electrons. The Balaban J connectivity index is 2.57. The monoisotopic (exact) mass is 278 g/mol. The predicted octanol–water partition coefficient (Wildman–Crippen LogP) is 2.63. The number of aryl methyl sites for hydroxylation is 1. The molecule has 2 rings (SSSR count). The zero-order valence-electron chi connectivity index (χ0n) is 11.3. The second kappa shape index (κ2) is 6.06. The first-order valence-corrected chi connectivity index (χ1v) is 6.87. The molecule has 0 aliphatic heterocycles. The Morgan fingerprint density at radius 1 is 1.16 bits per heavy atom. The SMILES string of the molecule is COc1cccc(OC)c1C(NN)c1cscc1C. The number of rotatable bonds is 5. The molecule has 5 heteroatoms. The van der Waals surface area contributed by atoms with Gasteiger partial charge in [-0.25, -0.2) is 5.43 Å². The number of thiophene rings is 1. The van der Waals surface area contributed by atoms with E-state index < -0.39 is 0 Å². The summed E-state index contributed by atoms with van der Waals surface area (Å²) in [6, 6.07) is 5.56. The third kappa shape index (κ3) is 2.58. The van der Waals surface area contributed by atoms with Crippen molar-refractivity contribution in [3.05, 3.63) is 45.6 Å². The minimum absolute atomic E-state index is 0.155. The van der Waals surface area contributed by atoms with Crippen molar-refractivity contribution in [2.24, 2.45) is 5.84 Å². The van der Waals surface area contributed by atoms with Gasteiger partial charge in [0.25, 0.3) is 0 Å². The number of benzene rings is 1. The van der Waals surface area contributed by atoms with E-state index in [0.29, 0.717) is 0 Å². The van der Waals surface area contributed by atoms with Crippen LogP contribution in [0, 0.1) is 6.92 Å². The molecule has 0 aliphatic carbocycles. The summed E-state index contributed by atoms with van der Waals surface area (Å²) in [6.07, 6.45) is 0. The lowest BCUT2D eigenvalue weighted by molar-refractivity contribution is 0.377. The summed E-state index contributed by atoms with van der Waals surface area (Å²) in [6.45, 7) is 2.07. The Hall–Kier alpha value is -1.56. The fourth-order valence-electron chi connectivity index (χ4n) is 2.16. The summed E-state index contributed by atoms with van der Waals surface area (Å²) in [4.78, 5) is 0. The Morgan fingerprint density at radius 2 is 1.79 bits per heavy atom. The molecule has 0 saturated carbocycles. The van der Waals surface area contributed by atoms with Gasteiger partial charge < -0.3 is 9.47 Å². The molecule has 1 aromatic carbocycles. The van der Waals surface area contributed by atoms with Crippen molar-refractivity contribution in [3.8, 4) is 11.5 Å². The van der Waals surface area contributed by atoms with Crippen molar-refractivity contribution in [2.45, 2.75) is 13.0 Å². The van der Waals surface area contributed by atoms with E-state index in [-0.39, 0.29) is 6.04 Å².